The van der Waals surface area contributed by atoms with Crippen molar-refractivity contribution in [3.05, 3.63) is 59.3 Å². The number of hydrogen-bond acceptors (Lipinski definition) is 3. The van der Waals surface area contributed by atoms with E-state index in [2.05, 4.69) is 42.7 Å². The lowest BCUT2D eigenvalue weighted by molar-refractivity contribution is -0.120. The summed E-state index contributed by atoms with van der Waals surface area (Å²) in [7, 11) is 0. The standard InChI is InChI=1S/C21H26N2O2/c1-14(2)21(15-6-4-3-5-7-15)23-19(13-24)17-8-10-18-16(12-17)9-11-20(25)22-18/h3-8,10,13-14,17,19,21,23H,9,11-12H2,1-2H3,(H,22,25). The number of carbonyl (C=O) groups excluding carboxylic acids is 2. The zero-order valence-electron chi connectivity index (χ0n) is 14.9. The predicted octanol–water partition coefficient (Wildman–Crippen LogP) is 3.28. The topological polar surface area (TPSA) is 58.2 Å². The number of allylic oxidation sites excluding steroid dienone is 2. The maximum absolute atomic E-state index is 11.8. The molecule has 4 heteroatoms. The van der Waals surface area contributed by atoms with E-state index in [9.17, 15) is 9.59 Å². The minimum absolute atomic E-state index is 0.0795. The molecule has 0 saturated heterocycles. The van der Waals surface area contributed by atoms with Crippen LogP contribution in [0.2, 0.25) is 0 Å². The average molecular weight is 338 g/mol. The molecule has 1 aliphatic heterocycles. The molecule has 1 heterocycles. The Labute approximate surface area is 149 Å². The van der Waals surface area contributed by atoms with E-state index in [0.29, 0.717) is 12.3 Å². The molecule has 0 radical (unpaired) electrons. The van der Waals surface area contributed by atoms with Gasteiger partial charge in [0, 0.05) is 24.1 Å². The molecule has 1 aromatic carbocycles. The molecule has 0 saturated carbocycles. The number of benzene rings is 1. The van der Waals surface area contributed by atoms with E-state index in [1.54, 1.807) is 0 Å². The largest absolute Gasteiger partial charge is 0.326 e. The Hall–Kier alpha value is -2.20. The van der Waals surface area contributed by atoms with Crippen molar-refractivity contribution >= 4 is 12.2 Å². The molecule has 3 rings (SSSR count). The van der Waals surface area contributed by atoms with Gasteiger partial charge >= 0.3 is 0 Å². The summed E-state index contributed by atoms with van der Waals surface area (Å²) in [6, 6.07) is 10.2. The van der Waals surface area contributed by atoms with E-state index in [1.165, 1.54) is 11.1 Å². The Morgan fingerprint density at radius 2 is 1.96 bits per heavy atom. The number of nitrogens with one attached hydrogen (secondary N) is 2. The van der Waals surface area contributed by atoms with Crippen LogP contribution in [0.4, 0.5) is 0 Å². The molecule has 0 fully saturated rings. The maximum Gasteiger partial charge on any atom is 0.224 e. The number of aldehydes is 1. The van der Waals surface area contributed by atoms with Crippen LogP contribution in [0.5, 0.6) is 0 Å². The summed E-state index contributed by atoms with van der Waals surface area (Å²) in [6.07, 6.45) is 7.20. The lowest BCUT2D eigenvalue weighted by Gasteiger charge is -2.33. The first kappa shape index (κ1) is 17.6. The molecule has 4 nitrogen and oxygen atoms in total. The second-order valence-electron chi connectivity index (χ2n) is 7.25. The third-order valence-corrected chi connectivity index (χ3v) is 5.11. The van der Waals surface area contributed by atoms with Gasteiger partial charge in [0.25, 0.3) is 0 Å². The molecule has 1 aliphatic carbocycles. The van der Waals surface area contributed by atoms with Crippen molar-refractivity contribution in [2.24, 2.45) is 11.8 Å². The van der Waals surface area contributed by atoms with Gasteiger partial charge in [0.2, 0.25) is 5.91 Å². The highest BCUT2D eigenvalue weighted by Crippen LogP contribution is 2.31. The summed E-state index contributed by atoms with van der Waals surface area (Å²) in [5.41, 5.74) is 3.39. The highest BCUT2D eigenvalue weighted by molar-refractivity contribution is 5.80. The molecular formula is C21H26N2O2. The third-order valence-electron chi connectivity index (χ3n) is 5.11. The summed E-state index contributed by atoms with van der Waals surface area (Å²) in [5.74, 6) is 0.577. The minimum atomic E-state index is -0.240. The first-order valence-electron chi connectivity index (χ1n) is 9.05. The van der Waals surface area contributed by atoms with Gasteiger partial charge in [0.05, 0.1) is 6.04 Å². The van der Waals surface area contributed by atoms with Crippen molar-refractivity contribution in [1.82, 2.24) is 10.6 Å². The molecule has 3 unspecified atom stereocenters. The van der Waals surface area contributed by atoms with Crippen LogP contribution in [-0.2, 0) is 9.59 Å². The second kappa shape index (κ2) is 7.79. The Morgan fingerprint density at radius 1 is 1.20 bits per heavy atom. The van der Waals surface area contributed by atoms with Crippen molar-refractivity contribution in [2.45, 2.75) is 45.2 Å². The van der Waals surface area contributed by atoms with Crippen LogP contribution < -0.4 is 10.6 Å². The van der Waals surface area contributed by atoms with Gasteiger partial charge in [-0.15, -0.1) is 0 Å². The van der Waals surface area contributed by atoms with Crippen LogP contribution in [0.1, 0.15) is 44.7 Å². The molecule has 3 atom stereocenters. The quantitative estimate of drug-likeness (QED) is 0.783. The highest BCUT2D eigenvalue weighted by Gasteiger charge is 2.29. The van der Waals surface area contributed by atoms with E-state index in [4.69, 9.17) is 0 Å². The molecule has 2 aliphatic rings. The summed E-state index contributed by atoms with van der Waals surface area (Å²) >= 11 is 0. The number of rotatable bonds is 6. The lowest BCUT2D eigenvalue weighted by Crippen LogP contribution is -2.42. The van der Waals surface area contributed by atoms with Gasteiger partial charge in [0.1, 0.15) is 6.29 Å². The Morgan fingerprint density at radius 3 is 2.64 bits per heavy atom. The van der Waals surface area contributed by atoms with Crippen LogP contribution >= 0.6 is 0 Å². The fourth-order valence-corrected chi connectivity index (χ4v) is 3.70. The van der Waals surface area contributed by atoms with Crippen LogP contribution in [-0.4, -0.2) is 18.2 Å². The average Bonchev–Trinajstić information content (AvgIpc) is 2.62. The molecular weight excluding hydrogens is 312 g/mol. The van der Waals surface area contributed by atoms with Gasteiger partial charge in [-0.3, -0.25) is 4.79 Å². The normalized spacial score (nSPS) is 22.4. The number of hydrogen-bond donors (Lipinski definition) is 2. The molecule has 25 heavy (non-hydrogen) atoms. The van der Waals surface area contributed by atoms with E-state index in [0.717, 1.165) is 24.8 Å². The van der Waals surface area contributed by atoms with Gasteiger partial charge in [-0.05, 0) is 36.0 Å². The second-order valence-corrected chi connectivity index (χ2v) is 7.25. The predicted molar refractivity (Wildman–Crippen MR) is 98.7 cm³/mol. The van der Waals surface area contributed by atoms with E-state index in [1.807, 2.05) is 24.3 Å². The SMILES string of the molecule is CC(C)C(NC(C=O)C1C=CC2=C(CCC(=O)N2)C1)c1ccccc1. The third kappa shape index (κ3) is 4.07. The minimum Gasteiger partial charge on any atom is -0.326 e. The lowest BCUT2D eigenvalue weighted by atomic mass is 9.83. The fourth-order valence-electron chi connectivity index (χ4n) is 3.70. The molecule has 0 spiro atoms. The fraction of sp³-hybridized carbons (Fsp3) is 0.429. The smallest absolute Gasteiger partial charge is 0.224 e. The van der Waals surface area contributed by atoms with E-state index >= 15 is 0 Å². The van der Waals surface area contributed by atoms with Gasteiger partial charge in [-0.2, -0.15) is 0 Å². The van der Waals surface area contributed by atoms with Crippen LogP contribution in [0, 0.1) is 11.8 Å². The molecule has 1 amide bonds. The van der Waals surface area contributed by atoms with Gasteiger partial charge in [-0.25, -0.2) is 0 Å². The van der Waals surface area contributed by atoms with Gasteiger partial charge in [0.15, 0.2) is 0 Å². The van der Waals surface area contributed by atoms with Gasteiger partial charge < -0.3 is 15.4 Å². The van der Waals surface area contributed by atoms with Crippen molar-refractivity contribution in [1.29, 1.82) is 0 Å². The Bertz CT molecular complexity index is 691. The maximum atomic E-state index is 11.8. The number of amides is 1. The first-order chi connectivity index (χ1) is 12.1. The van der Waals surface area contributed by atoms with Crippen molar-refractivity contribution in [3.8, 4) is 0 Å². The van der Waals surface area contributed by atoms with Crippen molar-refractivity contribution in [3.63, 3.8) is 0 Å². The van der Waals surface area contributed by atoms with E-state index < -0.39 is 0 Å². The summed E-state index contributed by atoms with van der Waals surface area (Å²) in [5, 5.41) is 6.49. The summed E-state index contributed by atoms with van der Waals surface area (Å²) in [4.78, 5) is 23.3. The molecule has 0 aromatic heterocycles. The Kier molecular flexibility index (Phi) is 5.49. The van der Waals surface area contributed by atoms with Crippen molar-refractivity contribution in [2.75, 3.05) is 0 Å². The zero-order chi connectivity index (χ0) is 17.8. The van der Waals surface area contributed by atoms with Crippen molar-refractivity contribution < 1.29 is 9.59 Å². The molecule has 0 bridgehead atoms. The van der Waals surface area contributed by atoms with Crippen LogP contribution in [0.15, 0.2) is 53.8 Å². The highest BCUT2D eigenvalue weighted by atomic mass is 16.1. The zero-order valence-corrected chi connectivity index (χ0v) is 14.9. The first-order valence-corrected chi connectivity index (χ1v) is 9.05. The molecule has 2 N–H and O–H groups in total. The molecule has 132 valence electrons. The number of carbonyl (C=O) groups is 2. The van der Waals surface area contributed by atoms with Gasteiger partial charge in [-0.1, -0.05) is 50.3 Å². The van der Waals surface area contributed by atoms with Crippen LogP contribution in [0.3, 0.4) is 0 Å². The van der Waals surface area contributed by atoms with E-state index in [-0.39, 0.29) is 23.9 Å². The van der Waals surface area contributed by atoms with Crippen LogP contribution in [0.25, 0.3) is 0 Å². The monoisotopic (exact) mass is 338 g/mol. The molecule has 1 aromatic rings. The summed E-state index contributed by atoms with van der Waals surface area (Å²) in [6.45, 7) is 4.33. The Balaban J connectivity index is 1.73. The summed E-state index contributed by atoms with van der Waals surface area (Å²) < 4.78 is 0.